The van der Waals surface area contributed by atoms with Gasteiger partial charge in [-0.2, -0.15) is 5.10 Å². The highest BCUT2D eigenvalue weighted by Crippen LogP contribution is 2.22. The highest BCUT2D eigenvalue weighted by molar-refractivity contribution is 5.39. The molecule has 0 saturated carbocycles. The summed E-state index contributed by atoms with van der Waals surface area (Å²) in [6, 6.07) is 17.5. The third kappa shape index (κ3) is 2.70. The van der Waals surface area contributed by atoms with E-state index in [1.807, 2.05) is 60.8 Å². The number of nitrogens with zero attached hydrogens (tertiary/aromatic N) is 2. The molecule has 3 rings (SSSR count). The molecule has 0 unspecified atom stereocenters. The van der Waals surface area contributed by atoms with E-state index in [0.29, 0.717) is 6.54 Å². The fourth-order valence-electron chi connectivity index (χ4n) is 1.90. The standard InChI is InChI=1S/C16H15N3O/c17-10-13-11-18-19(12-13)14-6-8-16(9-7-14)20-15-4-2-1-3-5-15/h1-9,11-12H,10,17H2. The van der Waals surface area contributed by atoms with E-state index in [2.05, 4.69) is 5.10 Å². The Kier molecular flexibility index (Phi) is 3.48. The van der Waals surface area contributed by atoms with Crippen molar-refractivity contribution in [3.05, 3.63) is 72.6 Å². The number of ether oxygens (including phenoxy) is 1. The maximum Gasteiger partial charge on any atom is 0.127 e. The van der Waals surface area contributed by atoms with Crippen molar-refractivity contribution in [2.45, 2.75) is 6.54 Å². The first-order valence-electron chi connectivity index (χ1n) is 6.42. The van der Waals surface area contributed by atoms with Gasteiger partial charge in [0.2, 0.25) is 0 Å². The van der Waals surface area contributed by atoms with Crippen LogP contribution in [0.4, 0.5) is 0 Å². The smallest absolute Gasteiger partial charge is 0.127 e. The van der Waals surface area contributed by atoms with E-state index in [4.69, 9.17) is 10.5 Å². The van der Waals surface area contributed by atoms with E-state index >= 15 is 0 Å². The van der Waals surface area contributed by atoms with Crippen LogP contribution >= 0.6 is 0 Å². The fourth-order valence-corrected chi connectivity index (χ4v) is 1.90. The summed E-state index contributed by atoms with van der Waals surface area (Å²) in [6.07, 6.45) is 3.70. The molecule has 0 aliphatic heterocycles. The monoisotopic (exact) mass is 265 g/mol. The van der Waals surface area contributed by atoms with E-state index in [9.17, 15) is 0 Å². The van der Waals surface area contributed by atoms with Gasteiger partial charge in [0.15, 0.2) is 0 Å². The molecule has 20 heavy (non-hydrogen) atoms. The fraction of sp³-hybridized carbons (Fsp3) is 0.0625. The number of rotatable bonds is 4. The molecule has 0 aliphatic rings. The van der Waals surface area contributed by atoms with Crippen molar-refractivity contribution in [1.29, 1.82) is 0 Å². The first-order valence-corrected chi connectivity index (χ1v) is 6.42. The van der Waals surface area contributed by atoms with Crippen molar-refractivity contribution >= 4 is 0 Å². The van der Waals surface area contributed by atoms with E-state index < -0.39 is 0 Å². The van der Waals surface area contributed by atoms with Crippen LogP contribution in [0.3, 0.4) is 0 Å². The van der Waals surface area contributed by atoms with E-state index in [0.717, 1.165) is 22.7 Å². The average Bonchev–Trinajstić information content (AvgIpc) is 2.98. The molecular weight excluding hydrogens is 250 g/mol. The zero-order valence-corrected chi connectivity index (χ0v) is 10.9. The summed E-state index contributed by atoms with van der Waals surface area (Å²) in [5, 5.41) is 4.27. The van der Waals surface area contributed by atoms with Crippen molar-refractivity contribution in [2.24, 2.45) is 5.73 Å². The summed E-state index contributed by atoms with van der Waals surface area (Å²) < 4.78 is 7.55. The van der Waals surface area contributed by atoms with Gasteiger partial charge >= 0.3 is 0 Å². The second-order valence-electron chi connectivity index (χ2n) is 4.41. The molecule has 1 heterocycles. The van der Waals surface area contributed by atoms with Gasteiger partial charge in [0.25, 0.3) is 0 Å². The SMILES string of the molecule is NCc1cnn(-c2ccc(Oc3ccccc3)cc2)c1. The molecule has 0 spiro atoms. The number of benzene rings is 2. The number of aromatic nitrogens is 2. The lowest BCUT2D eigenvalue weighted by Crippen LogP contribution is -1.95. The van der Waals surface area contributed by atoms with Crippen LogP contribution < -0.4 is 10.5 Å². The topological polar surface area (TPSA) is 53.1 Å². The Hall–Kier alpha value is -2.59. The zero-order chi connectivity index (χ0) is 13.8. The Balaban J connectivity index is 1.77. The quantitative estimate of drug-likeness (QED) is 0.788. The molecule has 0 saturated heterocycles. The van der Waals surface area contributed by atoms with Gasteiger partial charge in [0.1, 0.15) is 11.5 Å². The van der Waals surface area contributed by atoms with Gasteiger partial charge in [-0.1, -0.05) is 18.2 Å². The zero-order valence-electron chi connectivity index (χ0n) is 10.9. The molecule has 2 aromatic carbocycles. The van der Waals surface area contributed by atoms with Crippen molar-refractivity contribution in [3.8, 4) is 17.2 Å². The lowest BCUT2D eigenvalue weighted by molar-refractivity contribution is 0.482. The summed E-state index contributed by atoms with van der Waals surface area (Å²) in [5.41, 5.74) is 7.56. The number of para-hydroxylation sites is 1. The van der Waals surface area contributed by atoms with Crippen molar-refractivity contribution in [1.82, 2.24) is 9.78 Å². The molecule has 100 valence electrons. The van der Waals surface area contributed by atoms with Crippen LogP contribution in [-0.4, -0.2) is 9.78 Å². The molecule has 3 aromatic rings. The van der Waals surface area contributed by atoms with Crippen molar-refractivity contribution < 1.29 is 4.74 Å². The molecule has 0 fully saturated rings. The van der Waals surface area contributed by atoms with Crippen LogP contribution in [0.25, 0.3) is 5.69 Å². The van der Waals surface area contributed by atoms with Gasteiger partial charge in [-0.05, 0) is 36.4 Å². The normalized spacial score (nSPS) is 10.4. The molecule has 0 amide bonds. The molecule has 0 bridgehead atoms. The molecule has 1 aromatic heterocycles. The van der Waals surface area contributed by atoms with Crippen molar-refractivity contribution in [3.63, 3.8) is 0 Å². The van der Waals surface area contributed by atoms with Gasteiger partial charge < -0.3 is 10.5 Å². The minimum atomic E-state index is 0.495. The number of hydrogen-bond acceptors (Lipinski definition) is 3. The molecule has 4 heteroatoms. The summed E-state index contributed by atoms with van der Waals surface area (Å²) in [5.74, 6) is 1.62. The molecular formula is C16H15N3O. The molecule has 0 atom stereocenters. The van der Waals surface area contributed by atoms with Gasteiger partial charge in [-0.3, -0.25) is 0 Å². The van der Waals surface area contributed by atoms with Crippen LogP contribution in [0.2, 0.25) is 0 Å². The van der Waals surface area contributed by atoms with Crippen LogP contribution in [0, 0.1) is 0 Å². The van der Waals surface area contributed by atoms with Gasteiger partial charge in [0.05, 0.1) is 11.9 Å². The van der Waals surface area contributed by atoms with E-state index in [1.165, 1.54) is 0 Å². The second kappa shape index (κ2) is 5.59. The Morgan fingerprint density at radius 3 is 2.30 bits per heavy atom. The van der Waals surface area contributed by atoms with Crippen LogP contribution in [0.5, 0.6) is 11.5 Å². The first-order chi connectivity index (χ1) is 9.85. The summed E-state index contributed by atoms with van der Waals surface area (Å²) in [6.45, 7) is 0.495. The summed E-state index contributed by atoms with van der Waals surface area (Å²) in [7, 11) is 0. The minimum Gasteiger partial charge on any atom is -0.457 e. The molecule has 4 nitrogen and oxygen atoms in total. The number of hydrogen-bond donors (Lipinski definition) is 1. The average molecular weight is 265 g/mol. The highest BCUT2D eigenvalue weighted by Gasteiger charge is 2.01. The Morgan fingerprint density at radius 2 is 1.65 bits per heavy atom. The first kappa shape index (κ1) is 12.4. The van der Waals surface area contributed by atoms with E-state index in [-0.39, 0.29) is 0 Å². The van der Waals surface area contributed by atoms with Gasteiger partial charge in [0, 0.05) is 18.3 Å². The van der Waals surface area contributed by atoms with Crippen molar-refractivity contribution in [2.75, 3.05) is 0 Å². The number of nitrogens with two attached hydrogens (primary N) is 1. The second-order valence-corrected chi connectivity index (χ2v) is 4.41. The Labute approximate surface area is 117 Å². The lowest BCUT2D eigenvalue weighted by Gasteiger charge is -2.06. The third-order valence-electron chi connectivity index (χ3n) is 2.95. The maximum atomic E-state index is 5.75. The Bertz CT molecular complexity index is 674. The highest BCUT2D eigenvalue weighted by atomic mass is 16.5. The Morgan fingerprint density at radius 1 is 0.950 bits per heavy atom. The lowest BCUT2D eigenvalue weighted by atomic mass is 10.3. The van der Waals surface area contributed by atoms with Crippen LogP contribution in [0.15, 0.2) is 67.0 Å². The predicted octanol–water partition coefficient (Wildman–Crippen LogP) is 3.12. The summed E-state index contributed by atoms with van der Waals surface area (Å²) in [4.78, 5) is 0. The van der Waals surface area contributed by atoms with Crippen LogP contribution in [0.1, 0.15) is 5.56 Å². The van der Waals surface area contributed by atoms with Gasteiger partial charge in [-0.15, -0.1) is 0 Å². The molecule has 0 radical (unpaired) electrons. The predicted molar refractivity (Wildman–Crippen MR) is 78.0 cm³/mol. The molecule has 2 N–H and O–H groups in total. The van der Waals surface area contributed by atoms with E-state index in [1.54, 1.807) is 10.9 Å². The maximum absolute atomic E-state index is 5.75. The van der Waals surface area contributed by atoms with Gasteiger partial charge in [-0.25, -0.2) is 4.68 Å². The summed E-state index contributed by atoms with van der Waals surface area (Å²) >= 11 is 0. The largest absolute Gasteiger partial charge is 0.457 e. The molecule has 0 aliphatic carbocycles. The van der Waals surface area contributed by atoms with Crippen LogP contribution in [-0.2, 0) is 6.54 Å². The minimum absolute atomic E-state index is 0.495. The third-order valence-corrected chi connectivity index (χ3v) is 2.95.